The molecule has 0 saturated heterocycles. The number of rotatable bonds is 0. The molecule has 0 amide bonds. The Morgan fingerprint density at radius 2 is 0.458 bits per heavy atom. The van der Waals surface area contributed by atoms with Crippen LogP contribution in [0.4, 0.5) is 0 Å². The quantitative estimate of drug-likeness (QED) is 0.424. The van der Waals surface area contributed by atoms with Crippen LogP contribution in [-0.2, 0) is 0 Å². The normalized spacial score (nSPS) is 26.8. The van der Waals surface area contributed by atoms with Crippen LogP contribution in [0.25, 0.3) is 0 Å². The third kappa shape index (κ3) is 5.50. The molecule has 136 valence electrons. The molecule has 0 N–H and O–H groups in total. The van der Waals surface area contributed by atoms with E-state index in [-0.39, 0.29) is 21.7 Å². The lowest BCUT2D eigenvalue weighted by Gasteiger charge is -2.33. The van der Waals surface area contributed by atoms with E-state index in [1.807, 2.05) is 0 Å². The summed E-state index contributed by atoms with van der Waals surface area (Å²) in [6.45, 7) is 27.7. The van der Waals surface area contributed by atoms with Crippen molar-refractivity contribution in [3.05, 3.63) is 46.6 Å². The van der Waals surface area contributed by atoms with E-state index in [1.54, 1.807) is 0 Å². The van der Waals surface area contributed by atoms with Gasteiger partial charge < -0.3 is 0 Å². The molecule has 0 unspecified atom stereocenters. The molecule has 1 rings (SSSR count). The third-order valence-electron chi connectivity index (χ3n) is 4.71. The maximum Gasteiger partial charge on any atom is -0.0132 e. The second-order valence-electron chi connectivity index (χ2n) is 11.4. The van der Waals surface area contributed by atoms with Crippen molar-refractivity contribution in [2.24, 2.45) is 21.7 Å². The molecule has 0 aliphatic heterocycles. The van der Waals surface area contributed by atoms with E-state index in [9.17, 15) is 0 Å². The van der Waals surface area contributed by atoms with E-state index in [0.717, 1.165) is 0 Å². The molecular formula is C24H40. The molecule has 0 aromatic rings. The highest BCUT2D eigenvalue weighted by molar-refractivity contribution is 5.49. The Morgan fingerprint density at radius 3 is 0.542 bits per heavy atom. The molecule has 0 bridgehead atoms. The van der Waals surface area contributed by atoms with Crippen LogP contribution in [0.1, 0.15) is 83.1 Å². The van der Waals surface area contributed by atoms with Gasteiger partial charge in [-0.25, -0.2) is 0 Å². The Morgan fingerprint density at radius 1 is 0.333 bits per heavy atom. The van der Waals surface area contributed by atoms with Gasteiger partial charge >= 0.3 is 0 Å². The maximum absolute atomic E-state index is 2.44. The standard InChI is InChI=1S/C24H40/c1-21(2,3)17-13-18(22(4,5)6)15-20(24(10,11)12)16-19(14-17)23(7,8)9/h13-16H,1-12H3/b17-13+,17-14?,18-13?,18-15+,19-14+,19-16?,20-15?,20-16+. The average molecular weight is 329 g/mol. The van der Waals surface area contributed by atoms with Crippen LogP contribution >= 0.6 is 0 Å². The monoisotopic (exact) mass is 328 g/mol. The van der Waals surface area contributed by atoms with Crippen LogP contribution in [0.2, 0.25) is 0 Å². The maximum atomic E-state index is 2.44. The van der Waals surface area contributed by atoms with Gasteiger partial charge in [0.25, 0.3) is 0 Å². The number of hydrogen-bond acceptors (Lipinski definition) is 0. The first-order chi connectivity index (χ1) is 10.4. The highest BCUT2D eigenvalue weighted by atomic mass is 14.3. The Hall–Kier alpha value is -1.04. The van der Waals surface area contributed by atoms with E-state index in [0.29, 0.717) is 0 Å². The average Bonchev–Trinajstić information content (AvgIpc) is 2.20. The summed E-state index contributed by atoms with van der Waals surface area (Å²) >= 11 is 0. The summed E-state index contributed by atoms with van der Waals surface area (Å²) in [7, 11) is 0. The zero-order valence-electron chi connectivity index (χ0n) is 18.3. The van der Waals surface area contributed by atoms with Gasteiger partial charge in [-0.05, 0) is 44.0 Å². The van der Waals surface area contributed by atoms with Crippen LogP contribution in [0.15, 0.2) is 46.6 Å². The van der Waals surface area contributed by atoms with Crippen LogP contribution in [-0.4, -0.2) is 0 Å². The van der Waals surface area contributed by atoms with Gasteiger partial charge in [0.2, 0.25) is 0 Å². The molecule has 0 heteroatoms. The summed E-state index contributed by atoms with van der Waals surface area (Å²) in [5.74, 6) is 0. The first-order valence-electron chi connectivity index (χ1n) is 9.31. The fourth-order valence-electron chi connectivity index (χ4n) is 2.57. The lowest BCUT2D eigenvalue weighted by Crippen LogP contribution is -2.19. The molecule has 0 saturated carbocycles. The summed E-state index contributed by atoms with van der Waals surface area (Å²) in [6, 6.07) is 0. The lowest BCUT2D eigenvalue weighted by atomic mass is 9.72. The van der Waals surface area contributed by atoms with E-state index in [4.69, 9.17) is 0 Å². The second-order valence-corrected chi connectivity index (χ2v) is 11.4. The molecule has 0 nitrogen and oxygen atoms in total. The highest BCUT2D eigenvalue weighted by Crippen LogP contribution is 2.41. The molecule has 1 aliphatic carbocycles. The van der Waals surface area contributed by atoms with Crippen molar-refractivity contribution >= 4 is 0 Å². The van der Waals surface area contributed by atoms with Crippen molar-refractivity contribution in [3.63, 3.8) is 0 Å². The third-order valence-corrected chi connectivity index (χ3v) is 4.71. The minimum atomic E-state index is 0.133. The molecule has 1 aliphatic rings. The summed E-state index contributed by atoms with van der Waals surface area (Å²) in [6.07, 6.45) is 9.74. The molecule has 0 aromatic heterocycles. The van der Waals surface area contributed by atoms with Crippen LogP contribution in [0.3, 0.4) is 0 Å². The van der Waals surface area contributed by atoms with Gasteiger partial charge in [0.15, 0.2) is 0 Å². The number of hydrogen-bond donors (Lipinski definition) is 0. The Bertz CT molecular complexity index is 465. The van der Waals surface area contributed by atoms with Crippen LogP contribution < -0.4 is 0 Å². The lowest BCUT2D eigenvalue weighted by molar-refractivity contribution is 0.476. The summed E-state index contributed by atoms with van der Waals surface area (Å²) in [5, 5.41) is 0. The predicted molar refractivity (Wildman–Crippen MR) is 110 cm³/mol. The van der Waals surface area contributed by atoms with Gasteiger partial charge in [-0.15, -0.1) is 0 Å². The zero-order chi connectivity index (χ0) is 19.1. The van der Waals surface area contributed by atoms with E-state index < -0.39 is 0 Å². The van der Waals surface area contributed by atoms with Crippen molar-refractivity contribution in [3.8, 4) is 0 Å². The second kappa shape index (κ2) is 6.36. The summed E-state index contributed by atoms with van der Waals surface area (Å²) in [5.41, 5.74) is 6.19. The van der Waals surface area contributed by atoms with Crippen LogP contribution in [0.5, 0.6) is 0 Å². The smallest absolute Gasteiger partial charge is 0.0132 e. The first-order valence-corrected chi connectivity index (χ1v) is 9.31. The minimum Gasteiger partial charge on any atom is -0.0561 e. The van der Waals surface area contributed by atoms with Gasteiger partial charge in [0.1, 0.15) is 0 Å². The van der Waals surface area contributed by atoms with Gasteiger partial charge in [-0.1, -0.05) is 107 Å². The topological polar surface area (TPSA) is 0 Å². The van der Waals surface area contributed by atoms with E-state index >= 15 is 0 Å². The molecule has 0 fully saturated rings. The van der Waals surface area contributed by atoms with Crippen molar-refractivity contribution in [2.75, 3.05) is 0 Å². The van der Waals surface area contributed by atoms with Gasteiger partial charge in [0.05, 0.1) is 0 Å². The molecule has 0 aromatic carbocycles. The zero-order valence-corrected chi connectivity index (χ0v) is 18.3. The van der Waals surface area contributed by atoms with Crippen molar-refractivity contribution < 1.29 is 0 Å². The van der Waals surface area contributed by atoms with Crippen molar-refractivity contribution in [1.29, 1.82) is 0 Å². The van der Waals surface area contributed by atoms with Gasteiger partial charge in [0, 0.05) is 0 Å². The fraction of sp³-hybridized carbons (Fsp3) is 0.667. The van der Waals surface area contributed by atoms with E-state index in [2.05, 4.69) is 107 Å². The summed E-state index contributed by atoms with van der Waals surface area (Å²) < 4.78 is 0. The Balaban J connectivity index is 3.76. The molecule has 0 atom stereocenters. The SMILES string of the molecule is CC(C)(C)C1=C/C(C(C)(C)C)=C\C(C(C)(C)C)=C/C(C(C)(C)C)=C\1. The Kier molecular flexibility index (Phi) is 5.56. The molecule has 0 heterocycles. The summed E-state index contributed by atoms with van der Waals surface area (Å²) in [4.78, 5) is 0. The van der Waals surface area contributed by atoms with Crippen molar-refractivity contribution in [2.45, 2.75) is 83.1 Å². The molecule has 0 radical (unpaired) electrons. The minimum absolute atomic E-state index is 0.133. The van der Waals surface area contributed by atoms with Gasteiger partial charge in [-0.3, -0.25) is 0 Å². The molecule has 0 spiro atoms. The fourth-order valence-corrected chi connectivity index (χ4v) is 2.57. The number of allylic oxidation sites excluding steroid dienone is 8. The van der Waals surface area contributed by atoms with Crippen LogP contribution in [0, 0.1) is 21.7 Å². The first kappa shape index (κ1) is 21.0. The molecular weight excluding hydrogens is 288 g/mol. The highest BCUT2D eigenvalue weighted by Gasteiger charge is 2.27. The van der Waals surface area contributed by atoms with Crippen molar-refractivity contribution in [1.82, 2.24) is 0 Å². The van der Waals surface area contributed by atoms with Gasteiger partial charge in [-0.2, -0.15) is 0 Å². The Labute approximate surface area is 151 Å². The molecule has 24 heavy (non-hydrogen) atoms. The largest absolute Gasteiger partial charge is 0.0561 e. The van der Waals surface area contributed by atoms with E-state index in [1.165, 1.54) is 22.3 Å². The predicted octanol–water partition coefficient (Wildman–Crippen LogP) is 7.89.